The van der Waals surface area contributed by atoms with Gasteiger partial charge in [-0.15, -0.1) is 0 Å². The van der Waals surface area contributed by atoms with E-state index in [0.29, 0.717) is 12.8 Å². The molecule has 1 fully saturated rings. The van der Waals surface area contributed by atoms with Crippen LogP contribution in [0.3, 0.4) is 0 Å². The Hall–Kier alpha value is -1.51. The molecule has 0 bridgehead atoms. The summed E-state index contributed by atoms with van der Waals surface area (Å²) < 4.78 is 14.0. The zero-order chi connectivity index (χ0) is 11.6. The molecule has 1 N–H and O–H groups in total. The second-order valence-electron chi connectivity index (χ2n) is 4.13. The summed E-state index contributed by atoms with van der Waals surface area (Å²) in [4.78, 5) is 3.89. The fraction of sp³-hybridized carbons (Fsp3) is 0.385. The van der Waals surface area contributed by atoms with E-state index in [2.05, 4.69) is 4.99 Å². The number of nitrogens with zero attached hydrogens (tertiary/aromatic N) is 1. The van der Waals surface area contributed by atoms with Gasteiger partial charge in [0.1, 0.15) is 5.67 Å². The standard InChI is InChI=1S/C13H15FN2/c1-2-16-12(15)10-4-6-11(7-5-10)13(14)8-3-9-13/h2,4-7,15H,3,8-9H2,1H3/b15-12?,16-2-. The van der Waals surface area contributed by atoms with Gasteiger partial charge in [-0.05, 0) is 31.7 Å². The molecule has 1 saturated carbocycles. The maximum atomic E-state index is 14.0. The van der Waals surface area contributed by atoms with E-state index in [-0.39, 0.29) is 5.84 Å². The first-order valence-corrected chi connectivity index (χ1v) is 5.53. The van der Waals surface area contributed by atoms with Gasteiger partial charge in [0.25, 0.3) is 0 Å². The van der Waals surface area contributed by atoms with Crippen molar-refractivity contribution < 1.29 is 4.39 Å². The lowest BCUT2D eigenvalue weighted by Crippen LogP contribution is -2.28. The lowest BCUT2D eigenvalue weighted by atomic mass is 9.77. The van der Waals surface area contributed by atoms with Gasteiger partial charge in [0, 0.05) is 11.8 Å². The normalized spacial score (nSPS) is 18.4. The van der Waals surface area contributed by atoms with Gasteiger partial charge < -0.3 is 0 Å². The Morgan fingerprint density at radius 1 is 1.38 bits per heavy atom. The minimum atomic E-state index is -1.12. The van der Waals surface area contributed by atoms with Crippen LogP contribution in [-0.2, 0) is 5.67 Å². The molecule has 0 aliphatic heterocycles. The van der Waals surface area contributed by atoms with E-state index in [1.165, 1.54) is 0 Å². The van der Waals surface area contributed by atoms with E-state index in [1.807, 2.05) is 0 Å². The van der Waals surface area contributed by atoms with Crippen LogP contribution in [-0.4, -0.2) is 12.1 Å². The molecule has 0 aromatic heterocycles. The second-order valence-corrected chi connectivity index (χ2v) is 4.13. The molecule has 0 unspecified atom stereocenters. The molecule has 0 spiro atoms. The highest BCUT2D eigenvalue weighted by Gasteiger charge is 2.38. The summed E-state index contributed by atoms with van der Waals surface area (Å²) in [7, 11) is 0. The van der Waals surface area contributed by atoms with Crippen LogP contribution in [0.5, 0.6) is 0 Å². The molecule has 3 heteroatoms. The molecule has 0 atom stereocenters. The lowest BCUT2D eigenvalue weighted by Gasteiger charge is -2.34. The van der Waals surface area contributed by atoms with E-state index < -0.39 is 5.67 Å². The van der Waals surface area contributed by atoms with E-state index in [4.69, 9.17) is 5.41 Å². The highest BCUT2D eigenvalue weighted by atomic mass is 19.1. The first-order valence-electron chi connectivity index (χ1n) is 5.53. The molecule has 2 rings (SSSR count). The molecule has 0 heterocycles. The third-order valence-electron chi connectivity index (χ3n) is 3.08. The Kier molecular flexibility index (Phi) is 2.86. The van der Waals surface area contributed by atoms with Crippen LogP contribution >= 0.6 is 0 Å². The molecule has 1 aliphatic rings. The molecule has 0 saturated heterocycles. The molecule has 16 heavy (non-hydrogen) atoms. The van der Waals surface area contributed by atoms with Crippen LogP contribution in [0, 0.1) is 5.41 Å². The molecule has 1 aliphatic carbocycles. The van der Waals surface area contributed by atoms with Crippen molar-refractivity contribution in [2.24, 2.45) is 4.99 Å². The number of aliphatic imine (C=N–C) groups is 1. The highest BCUT2D eigenvalue weighted by Crippen LogP contribution is 2.44. The van der Waals surface area contributed by atoms with Crippen LogP contribution < -0.4 is 0 Å². The Labute approximate surface area is 94.7 Å². The first-order chi connectivity index (χ1) is 7.65. The van der Waals surface area contributed by atoms with Crippen LogP contribution in [0.2, 0.25) is 0 Å². The Balaban J connectivity index is 2.19. The number of halogens is 1. The molecule has 1 aromatic carbocycles. The van der Waals surface area contributed by atoms with Gasteiger partial charge in [-0.25, -0.2) is 9.38 Å². The van der Waals surface area contributed by atoms with Gasteiger partial charge in [0.2, 0.25) is 0 Å². The van der Waals surface area contributed by atoms with Crippen LogP contribution in [0.25, 0.3) is 0 Å². The number of benzene rings is 1. The summed E-state index contributed by atoms with van der Waals surface area (Å²) in [6, 6.07) is 7.08. The Bertz CT molecular complexity index is 416. The summed E-state index contributed by atoms with van der Waals surface area (Å²) >= 11 is 0. The predicted octanol–water partition coefficient (Wildman–Crippen LogP) is 3.45. The van der Waals surface area contributed by atoms with Crippen molar-refractivity contribution in [3.8, 4) is 0 Å². The average Bonchev–Trinajstić information content (AvgIpc) is 2.26. The maximum absolute atomic E-state index is 14.0. The van der Waals surface area contributed by atoms with Crippen molar-refractivity contribution in [1.82, 2.24) is 0 Å². The van der Waals surface area contributed by atoms with Crippen LogP contribution in [0.15, 0.2) is 29.3 Å². The van der Waals surface area contributed by atoms with E-state index in [9.17, 15) is 4.39 Å². The van der Waals surface area contributed by atoms with Crippen molar-refractivity contribution in [3.63, 3.8) is 0 Å². The van der Waals surface area contributed by atoms with Crippen molar-refractivity contribution >= 4 is 12.1 Å². The van der Waals surface area contributed by atoms with E-state index in [0.717, 1.165) is 17.5 Å². The third-order valence-corrected chi connectivity index (χ3v) is 3.08. The first kappa shape index (κ1) is 11.0. The van der Waals surface area contributed by atoms with Crippen molar-refractivity contribution in [2.45, 2.75) is 31.9 Å². The zero-order valence-electron chi connectivity index (χ0n) is 9.33. The number of nitrogens with one attached hydrogen (secondary N) is 1. The molecule has 0 amide bonds. The lowest BCUT2D eigenvalue weighted by molar-refractivity contribution is 0.0609. The van der Waals surface area contributed by atoms with Crippen molar-refractivity contribution in [3.05, 3.63) is 35.4 Å². The minimum Gasteiger partial charge on any atom is -0.282 e. The molecular formula is C13H15FN2. The maximum Gasteiger partial charge on any atom is 0.151 e. The molecule has 1 aromatic rings. The molecule has 84 valence electrons. The van der Waals surface area contributed by atoms with Crippen LogP contribution in [0.4, 0.5) is 4.39 Å². The van der Waals surface area contributed by atoms with Crippen LogP contribution in [0.1, 0.15) is 37.3 Å². The van der Waals surface area contributed by atoms with Gasteiger partial charge in [-0.1, -0.05) is 24.3 Å². The Morgan fingerprint density at radius 3 is 2.44 bits per heavy atom. The van der Waals surface area contributed by atoms with Gasteiger partial charge >= 0.3 is 0 Å². The smallest absolute Gasteiger partial charge is 0.151 e. The number of amidine groups is 1. The SMILES string of the molecule is C/C=N\C(=N)c1ccc(C2(F)CCC2)cc1. The summed E-state index contributed by atoms with van der Waals surface area (Å²) in [6.07, 6.45) is 3.79. The molecule has 0 radical (unpaired) electrons. The number of rotatable bonds is 2. The molecular weight excluding hydrogens is 203 g/mol. The van der Waals surface area contributed by atoms with Crippen molar-refractivity contribution in [2.75, 3.05) is 0 Å². The second kappa shape index (κ2) is 4.16. The fourth-order valence-corrected chi connectivity index (χ4v) is 1.91. The minimum absolute atomic E-state index is 0.218. The zero-order valence-corrected chi connectivity index (χ0v) is 9.33. The van der Waals surface area contributed by atoms with Gasteiger partial charge in [0.15, 0.2) is 5.84 Å². The largest absolute Gasteiger partial charge is 0.282 e. The molecule has 2 nitrogen and oxygen atoms in total. The average molecular weight is 218 g/mol. The summed E-state index contributed by atoms with van der Waals surface area (Å²) in [6.45, 7) is 1.77. The summed E-state index contributed by atoms with van der Waals surface area (Å²) in [5.74, 6) is 0.218. The number of hydrogen-bond acceptors (Lipinski definition) is 1. The Morgan fingerprint density at radius 2 is 2.00 bits per heavy atom. The highest BCUT2D eigenvalue weighted by molar-refractivity contribution is 6.00. The predicted molar refractivity (Wildman–Crippen MR) is 64.1 cm³/mol. The van der Waals surface area contributed by atoms with E-state index in [1.54, 1.807) is 37.4 Å². The monoisotopic (exact) mass is 218 g/mol. The third kappa shape index (κ3) is 1.90. The quantitative estimate of drug-likeness (QED) is 0.583. The summed E-state index contributed by atoms with van der Waals surface area (Å²) in [5, 5.41) is 7.62. The summed E-state index contributed by atoms with van der Waals surface area (Å²) in [5.41, 5.74) is 0.343. The van der Waals surface area contributed by atoms with Gasteiger partial charge in [0.05, 0.1) is 0 Å². The van der Waals surface area contributed by atoms with Crippen molar-refractivity contribution in [1.29, 1.82) is 5.41 Å². The van der Waals surface area contributed by atoms with Gasteiger partial charge in [-0.2, -0.15) is 0 Å². The number of hydrogen-bond donors (Lipinski definition) is 1. The van der Waals surface area contributed by atoms with E-state index >= 15 is 0 Å². The van der Waals surface area contributed by atoms with Gasteiger partial charge in [-0.3, -0.25) is 5.41 Å². The topological polar surface area (TPSA) is 36.2 Å². The number of alkyl halides is 1. The fourth-order valence-electron chi connectivity index (χ4n) is 1.91.